The summed E-state index contributed by atoms with van der Waals surface area (Å²) in [5.74, 6) is 0. The molecule has 310 valence electrons. The quantitative estimate of drug-likeness (QED) is 0.165. The molecule has 0 bridgehead atoms. The van der Waals surface area contributed by atoms with Crippen LogP contribution in [0.15, 0.2) is 209 Å². The third-order valence-electron chi connectivity index (χ3n) is 14.1. The molecule has 14 aromatic rings. The molecule has 0 aliphatic carbocycles. The van der Waals surface area contributed by atoms with Crippen LogP contribution in [0, 0.1) is 0 Å². The van der Waals surface area contributed by atoms with E-state index in [2.05, 4.69) is 131 Å². The Hall–Kier alpha value is -8.10. The molecule has 0 unspecified atom stereocenters. The Labute approximate surface area is 398 Å². The molecular weight excluding hydrogens is 856 g/mol. The van der Waals surface area contributed by atoms with Crippen molar-refractivity contribution < 1.29 is 15.7 Å². The maximum atomic E-state index is 9.46. The first-order chi connectivity index (χ1) is 35.4. The summed E-state index contributed by atoms with van der Waals surface area (Å²) in [5, 5.41) is 8.69. The van der Waals surface area contributed by atoms with Crippen molar-refractivity contribution in [3.63, 3.8) is 0 Å². The Morgan fingerprint density at radius 2 is 0.910 bits per heavy atom. The van der Waals surface area contributed by atoms with Gasteiger partial charge in [-0.25, -0.2) is 0 Å². The second kappa shape index (κ2) is 13.3. The lowest BCUT2D eigenvalue weighted by atomic mass is 9.33. The van der Waals surface area contributed by atoms with E-state index in [4.69, 9.17) is 12.9 Å². The highest BCUT2D eigenvalue weighted by molar-refractivity contribution is 7.29. The summed E-state index contributed by atoms with van der Waals surface area (Å²) >= 11 is 3.58. The van der Waals surface area contributed by atoms with Crippen molar-refractivity contribution in [3.05, 3.63) is 200 Å². The minimum atomic E-state index is -0.472. The van der Waals surface area contributed by atoms with Crippen molar-refractivity contribution in [1.82, 2.24) is 0 Å². The van der Waals surface area contributed by atoms with E-state index in [0.717, 1.165) is 135 Å². The SMILES string of the molecule is [2H]c1c([2H])c([2H])c(-c2cc3c4c(c2)N(c2ccccc2)c2c(c5oc6ccccc6c5c5c2sc2ccccc25)B4c2c(c4oc5ccccc5c4c4c2sc2ccccc24)N3c2ccccc2)c([2H])c1[2H]. The fraction of sp³-hybridized carbons (Fsp3) is 0. The lowest BCUT2D eigenvalue weighted by molar-refractivity contribution is 0.669. The van der Waals surface area contributed by atoms with E-state index in [1.54, 1.807) is 22.7 Å². The van der Waals surface area contributed by atoms with Crippen molar-refractivity contribution in [2.75, 3.05) is 9.80 Å². The number of nitrogens with zero attached hydrogens (tertiary/aromatic N) is 2. The molecule has 0 amide bonds. The van der Waals surface area contributed by atoms with E-state index >= 15 is 0 Å². The maximum Gasteiger partial charge on any atom is 0.259 e. The third-order valence-corrected chi connectivity index (χ3v) is 16.4. The van der Waals surface area contributed by atoms with Crippen LogP contribution in [0.1, 0.15) is 6.85 Å². The second-order valence-electron chi connectivity index (χ2n) is 17.4. The zero-order valence-corrected chi connectivity index (χ0v) is 36.9. The summed E-state index contributed by atoms with van der Waals surface area (Å²) in [5.41, 5.74) is 12.1. The molecule has 0 saturated carbocycles. The highest BCUT2D eigenvalue weighted by atomic mass is 32.1. The van der Waals surface area contributed by atoms with Crippen LogP contribution >= 0.6 is 22.7 Å². The maximum absolute atomic E-state index is 9.46. The Bertz CT molecular complexity index is 4450. The number of fused-ring (bicyclic) bond motifs is 22. The number of thiophene rings is 2. The van der Waals surface area contributed by atoms with Crippen LogP contribution in [0.25, 0.3) is 95.3 Å². The van der Waals surface area contributed by atoms with Crippen LogP contribution in [0.2, 0.25) is 0 Å². The topological polar surface area (TPSA) is 32.8 Å². The number of benzene rings is 10. The van der Waals surface area contributed by atoms with Crippen LogP contribution in [0.5, 0.6) is 0 Å². The number of furan rings is 2. The van der Waals surface area contributed by atoms with Gasteiger partial charge in [0.25, 0.3) is 6.71 Å². The lowest BCUT2D eigenvalue weighted by Crippen LogP contribution is -2.61. The molecule has 2 aliphatic heterocycles. The smallest absolute Gasteiger partial charge is 0.259 e. The van der Waals surface area contributed by atoms with Crippen molar-refractivity contribution in [2.24, 2.45) is 0 Å². The molecule has 7 heteroatoms. The minimum Gasteiger partial charge on any atom is -0.456 e. The van der Waals surface area contributed by atoms with Gasteiger partial charge < -0.3 is 18.6 Å². The molecule has 16 rings (SSSR count). The molecule has 6 heterocycles. The van der Waals surface area contributed by atoms with Crippen LogP contribution in [0.3, 0.4) is 0 Å². The Kier molecular flexibility index (Phi) is 6.28. The molecular formula is C60H33BN2O2S2. The van der Waals surface area contributed by atoms with Gasteiger partial charge in [0.15, 0.2) is 5.58 Å². The van der Waals surface area contributed by atoms with Gasteiger partial charge in [-0.3, -0.25) is 0 Å². The van der Waals surface area contributed by atoms with Gasteiger partial charge >= 0.3 is 0 Å². The summed E-state index contributed by atoms with van der Waals surface area (Å²) in [6, 6.07) is 57.1. The zero-order valence-electron chi connectivity index (χ0n) is 40.3. The summed E-state index contributed by atoms with van der Waals surface area (Å²) in [6.07, 6.45) is 0. The number of para-hydroxylation sites is 4. The van der Waals surface area contributed by atoms with Gasteiger partial charge in [-0.1, -0.05) is 139 Å². The third kappa shape index (κ3) is 4.72. The fourth-order valence-corrected chi connectivity index (χ4v) is 14.1. The molecule has 0 saturated heterocycles. The highest BCUT2D eigenvalue weighted by Crippen LogP contribution is 2.56. The predicted octanol–water partition coefficient (Wildman–Crippen LogP) is 16.0. The van der Waals surface area contributed by atoms with Crippen molar-refractivity contribution in [1.29, 1.82) is 0 Å². The average molecular weight is 894 g/mol. The van der Waals surface area contributed by atoms with E-state index in [1.165, 1.54) is 0 Å². The summed E-state index contributed by atoms with van der Waals surface area (Å²) in [7, 11) is 0. The van der Waals surface area contributed by atoms with Crippen molar-refractivity contribution in [2.45, 2.75) is 0 Å². The number of hydrogen-bond acceptors (Lipinski definition) is 6. The molecule has 0 atom stereocenters. The van der Waals surface area contributed by atoms with E-state index in [-0.39, 0.29) is 29.7 Å². The molecule has 0 spiro atoms. The molecule has 0 fully saturated rings. The summed E-state index contributed by atoms with van der Waals surface area (Å²) in [6.45, 7) is -0.472. The van der Waals surface area contributed by atoms with Gasteiger partial charge in [0.1, 0.15) is 16.7 Å². The largest absolute Gasteiger partial charge is 0.456 e. The number of rotatable bonds is 3. The molecule has 4 aromatic heterocycles. The lowest BCUT2D eigenvalue weighted by Gasteiger charge is -2.44. The molecule has 2 aliphatic rings. The molecule has 4 nitrogen and oxygen atoms in total. The van der Waals surface area contributed by atoms with Crippen molar-refractivity contribution >= 4 is 164 Å². The molecule has 10 aromatic carbocycles. The Balaban J connectivity index is 1.20. The summed E-state index contributed by atoms with van der Waals surface area (Å²) < 4.78 is 64.7. The van der Waals surface area contributed by atoms with Crippen LogP contribution in [-0.4, -0.2) is 6.71 Å². The van der Waals surface area contributed by atoms with E-state index < -0.39 is 12.8 Å². The van der Waals surface area contributed by atoms with Gasteiger partial charge in [0.05, 0.1) is 22.9 Å². The number of hydrogen-bond donors (Lipinski definition) is 0. The van der Waals surface area contributed by atoms with Crippen LogP contribution in [0.4, 0.5) is 34.1 Å². The Morgan fingerprint density at radius 3 is 1.54 bits per heavy atom. The van der Waals surface area contributed by atoms with Gasteiger partial charge in [-0.05, 0) is 88.2 Å². The van der Waals surface area contributed by atoms with Crippen molar-refractivity contribution in [3.8, 4) is 11.1 Å². The van der Waals surface area contributed by atoms with Gasteiger partial charge in [0.2, 0.25) is 0 Å². The van der Waals surface area contributed by atoms with E-state index in [1.807, 2.05) is 48.5 Å². The predicted molar refractivity (Wildman–Crippen MR) is 286 cm³/mol. The zero-order chi connectivity index (χ0) is 47.8. The molecule has 0 N–H and O–H groups in total. The van der Waals surface area contributed by atoms with Crippen LogP contribution < -0.4 is 26.2 Å². The molecule has 67 heavy (non-hydrogen) atoms. The van der Waals surface area contributed by atoms with Gasteiger partial charge in [-0.15, -0.1) is 22.7 Å². The second-order valence-corrected chi connectivity index (χ2v) is 19.5. The normalized spacial score (nSPS) is 14.3. The average Bonchev–Trinajstić information content (AvgIpc) is 4.21. The number of anilines is 6. The van der Waals surface area contributed by atoms with Crippen LogP contribution in [-0.2, 0) is 0 Å². The van der Waals surface area contributed by atoms with E-state index in [0.29, 0.717) is 5.56 Å². The Morgan fingerprint density at radius 1 is 0.418 bits per heavy atom. The standard InChI is InChI=1S/C60H33BN2O2S2/c1-4-18-34(19-5-1)35-32-42-52-43(33-35)63(37-22-8-3-9-23-37)56-53(57-48(38-24-10-14-28-44(38)64-57)51-41-27-13-17-31-47(41)67-60(51)56)61(52)54-55(62(42)36-20-6-2-7-21-36)58-49(39-25-11-15-29-45(39)65-58)50-40-26-12-16-30-46(40)66-59(50)54/h1-33H/i1D,4D,5D,18D,19D. The monoisotopic (exact) mass is 893 g/mol. The van der Waals surface area contributed by atoms with Gasteiger partial charge in [-0.2, -0.15) is 0 Å². The first-order valence-electron chi connectivity index (χ1n) is 24.9. The minimum absolute atomic E-state index is 0.128. The fourth-order valence-electron chi connectivity index (χ4n) is 11.5. The first kappa shape index (κ1) is 31.7. The highest BCUT2D eigenvalue weighted by Gasteiger charge is 2.49. The van der Waals surface area contributed by atoms with E-state index in [9.17, 15) is 2.74 Å². The first-order valence-corrected chi connectivity index (χ1v) is 24.0. The molecule has 0 radical (unpaired) electrons. The van der Waals surface area contributed by atoms with Gasteiger partial charge in [0, 0.05) is 79.9 Å². The summed E-state index contributed by atoms with van der Waals surface area (Å²) in [4.78, 5) is 4.66.